The second-order valence-electron chi connectivity index (χ2n) is 5.25. The van der Waals surface area contributed by atoms with E-state index in [1.165, 1.54) is 0 Å². The van der Waals surface area contributed by atoms with Crippen LogP contribution in [0.2, 0.25) is 0 Å². The van der Waals surface area contributed by atoms with E-state index in [0.717, 1.165) is 30.9 Å². The number of hydrogen-bond donors (Lipinski definition) is 1. The van der Waals surface area contributed by atoms with Crippen LogP contribution in [-0.2, 0) is 0 Å². The average Bonchev–Trinajstić information content (AvgIpc) is 2.39. The molecule has 1 rings (SSSR count). The minimum Gasteiger partial charge on any atom is -0.490 e. The van der Waals surface area contributed by atoms with Crippen molar-refractivity contribution in [2.75, 3.05) is 19.8 Å². The van der Waals surface area contributed by atoms with Gasteiger partial charge in [-0.1, -0.05) is 26.0 Å². The highest BCUT2D eigenvalue weighted by Gasteiger charge is 2.10. The van der Waals surface area contributed by atoms with Crippen molar-refractivity contribution in [1.29, 1.82) is 0 Å². The molecular weight excluding hydrogens is 238 g/mol. The van der Waals surface area contributed by atoms with Gasteiger partial charge >= 0.3 is 0 Å². The fraction of sp³-hybridized carbons (Fsp3) is 0.625. The van der Waals surface area contributed by atoms with Gasteiger partial charge < -0.3 is 15.2 Å². The van der Waals surface area contributed by atoms with Crippen LogP contribution in [0.4, 0.5) is 0 Å². The Bertz CT molecular complexity index is 352. The van der Waals surface area contributed by atoms with Crippen LogP contribution < -0.4 is 15.2 Å². The van der Waals surface area contributed by atoms with E-state index in [-0.39, 0.29) is 0 Å². The van der Waals surface area contributed by atoms with Crippen LogP contribution in [0.5, 0.6) is 11.5 Å². The number of benzene rings is 1. The molecule has 0 bridgehead atoms. The summed E-state index contributed by atoms with van der Waals surface area (Å²) in [5.41, 5.74) is 5.80. The topological polar surface area (TPSA) is 44.5 Å². The Morgan fingerprint density at radius 2 is 1.74 bits per heavy atom. The van der Waals surface area contributed by atoms with Gasteiger partial charge in [0.1, 0.15) is 0 Å². The van der Waals surface area contributed by atoms with Crippen molar-refractivity contribution in [3.05, 3.63) is 24.3 Å². The predicted molar refractivity (Wildman–Crippen MR) is 79.7 cm³/mol. The molecule has 1 unspecified atom stereocenters. The molecule has 0 aromatic heterocycles. The third-order valence-electron chi connectivity index (χ3n) is 3.07. The molecule has 0 spiro atoms. The standard InChI is InChI=1S/C16H27NO2/c1-4-18-15-7-5-6-8-16(15)19-10-9-14(12-17)11-13(2)3/h5-8,13-14H,4,9-12,17H2,1-3H3. The lowest BCUT2D eigenvalue weighted by Crippen LogP contribution is -2.19. The molecule has 0 saturated carbocycles. The van der Waals surface area contributed by atoms with E-state index >= 15 is 0 Å². The summed E-state index contributed by atoms with van der Waals surface area (Å²) in [5, 5.41) is 0. The number of para-hydroxylation sites is 2. The minimum absolute atomic E-state index is 0.541. The zero-order chi connectivity index (χ0) is 14.1. The predicted octanol–water partition coefficient (Wildman–Crippen LogP) is 3.48. The summed E-state index contributed by atoms with van der Waals surface area (Å²) in [6.45, 7) is 8.51. The van der Waals surface area contributed by atoms with Crippen molar-refractivity contribution in [3.8, 4) is 11.5 Å². The molecule has 0 saturated heterocycles. The second-order valence-corrected chi connectivity index (χ2v) is 5.25. The van der Waals surface area contributed by atoms with Gasteiger partial charge in [-0.2, -0.15) is 0 Å². The van der Waals surface area contributed by atoms with E-state index < -0.39 is 0 Å². The summed E-state index contributed by atoms with van der Waals surface area (Å²) in [6.07, 6.45) is 2.15. The highest BCUT2D eigenvalue weighted by Crippen LogP contribution is 2.27. The maximum absolute atomic E-state index is 5.82. The van der Waals surface area contributed by atoms with E-state index in [9.17, 15) is 0 Å². The summed E-state index contributed by atoms with van der Waals surface area (Å²) in [6, 6.07) is 7.81. The Labute approximate surface area is 117 Å². The zero-order valence-corrected chi connectivity index (χ0v) is 12.4. The number of nitrogens with two attached hydrogens (primary N) is 1. The second kappa shape index (κ2) is 8.81. The molecule has 0 amide bonds. The lowest BCUT2D eigenvalue weighted by molar-refractivity contribution is 0.246. The Balaban J connectivity index is 2.43. The molecule has 0 heterocycles. The molecule has 1 aromatic rings. The summed E-state index contributed by atoms with van der Waals surface area (Å²) in [4.78, 5) is 0. The van der Waals surface area contributed by atoms with Gasteiger partial charge in [0.15, 0.2) is 11.5 Å². The molecule has 2 N–H and O–H groups in total. The van der Waals surface area contributed by atoms with E-state index in [4.69, 9.17) is 15.2 Å². The highest BCUT2D eigenvalue weighted by molar-refractivity contribution is 5.39. The molecule has 1 aromatic carbocycles. The Kier molecular flexibility index (Phi) is 7.34. The summed E-state index contributed by atoms with van der Waals surface area (Å²) < 4.78 is 11.4. The third kappa shape index (κ3) is 5.97. The fourth-order valence-corrected chi connectivity index (χ4v) is 2.18. The van der Waals surface area contributed by atoms with Crippen LogP contribution in [0.3, 0.4) is 0 Å². The van der Waals surface area contributed by atoms with E-state index in [2.05, 4.69) is 13.8 Å². The molecule has 3 heteroatoms. The van der Waals surface area contributed by atoms with Gasteiger partial charge in [-0.25, -0.2) is 0 Å². The van der Waals surface area contributed by atoms with E-state index in [0.29, 0.717) is 25.0 Å². The van der Waals surface area contributed by atoms with Gasteiger partial charge in [0.2, 0.25) is 0 Å². The lowest BCUT2D eigenvalue weighted by atomic mass is 9.95. The zero-order valence-electron chi connectivity index (χ0n) is 12.4. The fourth-order valence-electron chi connectivity index (χ4n) is 2.18. The van der Waals surface area contributed by atoms with Gasteiger partial charge in [0.05, 0.1) is 13.2 Å². The van der Waals surface area contributed by atoms with Crippen molar-refractivity contribution < 1.29 is 9.47 Å². The van der Waals surface area contributed by atoms with Crippen molar-refractivity contribution in [2.45, 2.75) is 33.6 Å². The number of ether oxygens (including phenoxy) is 2. The monoisotopic (exact) mass is 265 g/mol. The third-order valence-corrected chi connectivity index (χ3v) is 3.07. The van der Waals surface area contributed by atoms with Gasteiger partial charge in [-0.05, 0) is 50.3 Å². The molecule has 19 heavy (non-hydrogen) atoms. The van der Waals surface area contributed by atoms with Gasteiger partial charge in [0.25, 0.3) is 0 Å². The van der Waals surface area contributed by atoms with Crippen LogP contribution >= 0.6 is 0 Å². The van der Waals surface area contributed by atoms with E-state index in [1.807, 2.05) is 31.2 Å². The first kappa shape index (κ1) is 15.8. The maximum Gasteiger partial charge on any atom is 0.161 e. The van der Waals surface area contributed by atoms with Crippen molar-refractivity contribution in [3.63, 3.8) is 0 Å². The van der Waals surface area contributed by atoms with Crippen molar-refractivity contribution >= 4 is 0 Å². The first-order valence-corrected chi connectivity index (χ1v) is 7.22. The quantitative estimate of drug-likeness (QED) is 0.743. The molecule has 0 fully saturated rings. The SMILES string of the molecule is CCOc1ccccc1OCCC(CN)CC(C)C. The summed E-state index contributed by atoms with van der Waals surface area (Å²) in [5.74, 6) is 2.87. The average molecular weight is 265 g/mol. The number of rotatable bonds is 9. The first-order valence-electron chi connectivity index (χ1n) is 7.22. The van der Waals surface area contributed by atoms with E-state index in [1.54, 1.807) is 0 Å². The van der Waals surface area contributed by atoms with Crippen molar-refractivity contribution in [2.24, 2.45) is 17.6 Å². The Hall–Kier alpha value is -1.22. The van der Waals surface area contributed by atoms with Gasteiger partial charge in [-0.3, -0.25) is 0 Å². The van der Waals surface area contributed by atoms with Gasteiger partial charge in [-0.15, -0.1) is 0 Å². The Morgan fingerprint density at radius 1 is 1.11 bits per heavy atom. The lowest BCUT2D eigenvalue weighted by Gasteiger charge is -2.18. The minimum atomic E-state index is 0.541. The summed E-state index contributed by atoms with van der Waals surface area (Å²) >= 11 is 0. The van der Waals surface area contributed by atoms with Gasteiger partial charge in [0, 0.05) is 0 Å². The largest absolute Gasteiger partial charge is 0.490 e. The van der Waals surface area contributed by atoms with Crippen LogP contribution in [0.1, 0.15) is 33.6 Å². The smallest absolute Gasteiger partial charge is 0.161 e. The molecular formula is C16H27NO2. The molecule has 0 radical (unpaired) electrons. The molecule has 0 aliphatic carbocycles. The molecule has 108 valence electrons. The van der Waals surface area contributed by atoms with Crippen LogP contribution in [0.25, 0.3) is 0 Å². The molecule has 1 atom stereocenters. The Morgan fingerprint density at radius 3 is 2.26 bits per heavy atom. The first-order chi connectivity index (χ1) is 9.17. The molecule has 0 aliphatic rings. The number of hydrogen-bond acceptors (Lipinski definition) is 3. The molecule has 3 nitrogen and oxygen atoms in total. The van der Waals surface area contributed by atoms with Crippen LogP contribution in [0.15, 0.2) is 24.3 Å². The van der Waals surface area contributed by atoms with Crippen LogP contribution in [0, 0.1) is 11.8 Å². The molecule has 0 aliphatic heterocycles. The normalized spacial score (nSPS) is 12.5. The van der Waals surface area contributed by atoms with Crippen LogP contribution in [-0.4, -0.2) is 19.8 Å². The van der Waals surface area contributed by atoms with Crippen molar-refractivity contribution in [1.82, 2.24) is 0 Å². The highest BCUT2D eigenvalue weighted by atomic mass is 16.5. The summed E-state index contributed by atoms with van der Waals surface area (Å²) in [7, 11) is 0. The maximum atomic E-state index is 5.82.